The number of nitrogen functional groups attached to an aromatic ring is 1. The number of fused-ring (bicyclic) bond motifs is 1. The van der Waals surface area contributed by atoms with Crippen molar-refractivity contribution in [2.45, 2.75) is 20.3 Å². The third kappa shape index (κ3) is 3.79. The first-order chi connectivity index (χ1) is 12.9. The van der Waals surface area contributed by atoms with Crippen LogP contribution in [0, 0.1) is 6.92 Å². The minimum absolute atomic E-state index is 0.224. The molecule has 0 unspecified atom stereocenters. The average Bonchev–Trinajstić information content (AvgIpc) is 3.05. The summed E-state index contributed by atoms with van der Waals surface area (Å²) < 4.78 is 26.6. The molecular weight excluding hydrogens is 350 g/mol. The smallest absolute Gasteiger partial charge is 0.255 e. The molecule has 0 radical (unpaired) electrons. The van der Waals surface area contributed by atoms with Gasteiger partial charge in [-0.15, -0.1) is 0 Å². The molecule has 0 aliphatic heterocycles. The van der Waals surface area contributed by atoms with E-state index in [1.54, 1.807) is 16.9 Å². The molecule has 140 valence electrons. The fraction of sp³-hybridized carbons (Fsp3) is 0.211. The predicted molar refractivity (Wildman–Crippen MR) is 102 cm³/mol. The van der Waals surface area contributed by atoms with Crippen molar-refractivity contribution < 1.29 is 8.78 Å². The highest BCUT2D eigenvalue weighted by molar-refractivity contribution is 5.84. The normalized spacial score (nSPS) is 12.0. The lowest BCUT2D eigenvalue weighted by Gasteiger charge is -2.12. The Bertz CT molecular complexity index is 1020. The van der Waals surface area contributed by atoms with E-state index in [9.17, 15) is 8.78 Å². The van der Waals surface area contributed by atoms with Crippen molar-refractivity contribution in [3.05, 3.63) is 65.8 Å². The zero-order valence-electron chi connectivity index (χ0n) is 15.1. The van der Waals surface area contributed by atoms with Crippen molar-refractivity contribution in [3.8, 4) is 0 Å². The molecule has 27 heavy (non-hydrogen) atoms. The van der Waals surface area contributed by atoms with Crippen molar-refractivity contribution in [2.75, 3.05) is 12.3 Å². The molecule has 0 aromatic carbocycles. The predicted octanol–water partition coefficient (Wildman–Crippen LogP) is 3.29. The first-order valence-corrected chi connectivity index (χ1v) is 8.35. The summed E-state index contributed by atoms with van der Waals surface area (Å²) >= 11 is 0. The fourth-order valence-corrected chi connectivity index (χ4v) is 2.90. The molecule has 0 aliphatic carbocycles. The number of hydrogen-bond donors (Lipinski definition) is 2. The Hall–Kier alpha value is -3.29. The molecule has 3 rings (SSSR count). The second kappa shape index (κ2) is 7.53. The number of alkyl halides is 2. The van der Waals surface area contributed by atoms with Crippen LogP contribution in [0.2, 0.25) is 0 Å². The summed E-state index contributed by atoms with van der Waals surface area (Å²) in [6, 6.07) is 3.85. The number of pyridine rings is 1. The molecule has 0 saturated carbocycles. The lowest BCUT2D eigenvalue weighted by molar-refractivity contribution is 0.151. The molecule has 0 aliphatic rings. The molecule has 3 aromatic heterocycles. The SMILES string of the molecule is C=C(NCC(F)F)c1cnn2ccc(/C(=C/C)c3cnc(N)nc3C)cc12. The zero-order valence-corrected chi connectivity index (χ0v) is 15.1. The lowest BCUT2D eigenvalue weighted by atomic mass is 9.98. The monoisotopic (exact) mass is 370 g/mol. The Kier molecular flexibility index (Phi) is 5.16. The number of allylic oxidation sites excluding steroid dienone is 1. The van der Waals surface area contributed by atoms with Gasteiger partial charge in [0.05, 0.1) is 24.0 Å². The average molecular weight is 370 g/mol. The van der Waals surface area contributed by atoms with Crippen LogP contribution >= 0.6 is 0 Å². The number of rotatable bonds is 6. The van der Waals surface area contributed by atoms with E-state index < -0.39 is 13.0 Å². The number of nitrogens with one attached hydrogen (secondary N) is 1. The summed E-state index contributed by atoms with van der Waals surface area (Å²) in [7, 11) is 0. The quantitative estimate of drug-likeness (QED) is 0.696. The molecule has 3 heterocycles. The topological polar surface area (TPSA) is 81.1 Å². The van der Waals surface area contributed by atoms with Gasteiger partial charge in [0.2, 0.25) is 5.95 Å². The Balaban J connectivity index is 2.02. The summed E-state index contributed by atoms with van der Waals surface area (Å²) in [5.74, 6) is 0.224. The van der Waals surface area contributed by atoms with E-state index >= 15 is 0 Å². The van der Waals surface area contributed by atoms with Gasteiger partial charge in [0.25, 0.3) is 6.43 Å². The van der Waals surface area contributed by atoms with Gasteiger partial charge in [0, 0.05) is 29.2 Å². The number of aryl methyl sites for hydroxylation is 1. The molecule has 0 atom stereocenters. The van der Waals surface area contributed by atoms with Crippen molar-refractivity contribution in [3.63, 3.8) is 0 Å². The van der Waals surface area contributed by atoms with Crippen molar-refractivity contribution >= 4 is 22.7 Å². The lowest BCUT2D eigenvalue weighted by Crippen LogP contribution is -2.19. The molecule has 8 heteroatoms. The van der Waals surface area contributed by atoms with Crippen LogP contribution in [0.1, 0.15) is 29.3 Å². The summed E-state index contributed by atoms with van der Waals surface area (Å²) in [5, 5.41) is 6.90. The van der Waals surface area contributed by atoms with Gasteiger partial charge in [0.15, 0.2) is 0 Å². The maximum atomic E-state index is 12.5. The standard InChI is InChI=1S/C19H20F2N6/c1-4-14(15-8-24-19(22)26-12(15)3)13-5-6-27-17(7-13)16(9-25-27)11(2)23-10-18(20)21/h4-9,18,23H,2,10H2,1,3H3,(H2,22,24,26)/b14-4-. The van der Waals surface area contributed by atoms with E-state index in [0.717, 1.165) is 27.9 Å². The zero-order chi connectivity index (χ0) is 19.6. The second-order valence-corrected chi connectivity index (χ2v) is 5.98. The van der Waals surface area contributed by atoms with E-state index in [-0.39, 0.29) is 5.95 Å². The largest absolute Gasteiger partial charge is 0.379 e. The number of nitrogens with zero attached hydrogens (tertiary/aromatic N) is 4. The Morgan fingerprint density at radius 1 is 1.37 bits per heavy atom. The molecule has 0 fully saturated rings. The van der Waals surface area contributed by atoms with Gasteiger partial charge in [-0.2, -0.15) is 5.10 Å². The molecule has 0 amide bonds. The number of hydrogen-bond acceptors (Lipinski definition) is 5. The fourth-order valence-electron chi connectivity index (χ4n) is 2.90. The van der Waals surface area contributed by atoms with Crippen LogP contribution in [0.5, 0.6) is 0 Å². The van der Waals surface area contributed by atoms with Crippen molar-refractivity contribution in [1.82, 2.24) is 24.9 Å². The van der Waals surface area contributed by atoms with Gasteiger partial charge < -0.3 is 11.1 Å². The van der Waals surface area contributed by atoms with Gasteiger partial charge in [-0.3, -0.25) is 0 Å². The molecule has 3 N–H and O–H groups in total. The first kappa shape index (κ1) is 18.5. The highest BCUT2D eigenvalue weighted by Crippen LogP contribution is 2.28. The second-order valence-electron chi connectivity index (χ2n) is 5.98. The van der Waals surface area contributed by atoms with E-state index in [1.807, 2.05) is 38.3 Å². The maximum absolute atomic E-state index is 12.5. The van der Waals surface area contributed by atoms with Gasteiger partial charge in [-0.05, 0) is 37.1 Å². The van der Waals surface area contributed by atoms with E-state index in [0.29, 0.717) is 11.3 Å². The van der Waals surface area contributed by atoms with Crippen LogP contribution in [0.3, 0.4) is 0 Å². The van der Waals surface area contributed by atoms with Gasteiger partial charge in [-0.1, -0.05) is 12.7 Å². The third-order valence-electron chi connectivity index (χ3n) is 4.20. The van der Waals surface area contributed by atoms with Crippen LogP contribution in [0.4, 0.5) is 14.7 Å². The number of halogens is 2. The maximum Gasteiger partial charge on any atom is 0.255 e. The number of anilines is 1. The third-order valence-corrected chi connectivity index (χ3v) is 4.20. The minimum Gasteiger partial charge on any atom is -0.379 e. The van der Waals surface area contributed by atoms with Crippen LogP contribution in [0.15, 0.2) is 43.4 Å². The van der Waals surface area contributed by atoms with Gasteiger partial charge in [0.1, 0.15) is 0 Å². The van der Waals surface area contributed by atoms with E-state index in [4.69, 9.17) is 5.73 Å². The van der Waals surface area contributed by atoms with Crippen molar-refractivity contribution in [2.24, 2.45) is 0 Å². The summed E-state index contributed by atoms with van der Waals surface area (Å²) in [6.07, 6.45) is 4.62. The van der Waals surface area contributed by atoms with Gasteiger partial charge >= 0.3 is 0 Å². The van der Waals surface area contributed by atoms with Crippen molar-refractivity contribution in [1.29, 1.82) is 0 Å². The number of nitrogens with two attached hydrogens (primary N) is 1. The van der Waals surface area contributed by atoms with E-state index in [1.165, 1.54) is 0 Å². The Labute approximate surface area is 155 Å². The molecule has 6 nitrogen and oxygen atoms in total. The van der Waals surface area contributed by atoms with Gasteiger partial charge in [-0.25, -0.2) is 23.3 Å². The highest BCUT2D eigenvalue weighted by Gasteiger charge is 2.14. The Morgan fingerprint density at radius 2 is 2.15 bits per heavy atom. The molecule has 0 spiro atoms. The Morgan fingerprint density at radius 3 is 2.81 bits per heavy atom. The molecular formula is C19H20F2N6. The minimum atomic E-state index is -2.46. The van der Waals surface area contributed by atoms with E-state index in [2.05, 4.69) is 27.0 Å². The summed E-state index contributed by atoms with van der Waals surface area (Å²) in [4.78, 5) is 8.31. The van der Waals surface area contributed by atoms with Crippen LogP contribution in [-0.4, -0.2) is 32.6 Å². The van der Waals surface area contributed by atoms with Crippen LogP contribution < -0.4 is 11.1 Å². The molecule has 0 saturated heterocycles. The molecule has 0 bridgehead atoms. The molecule has 3 aromatic rings. The highest BCUT2D eigenvalue weighted by atomic mass is 19.3. The number of aromatic nitrogens is 4. The summed E-state index contributed by atoms with van der Waals surface area (Å²) in [6.45, 7) is 7.19. The first-order valence-electron chi connectivity index (χ1n) is 8.35. The summed E-state index contributed by atoms with van der Waals surface area (Å²) in [5.41, 5.74) is 11.0. The van der Waals surface area contributed by atoms with Crippen LogP contribution in [0.25, 0.3) is 16.8 Å². The van der Waals surface area contributed by atoms with Crippen LogP contribution in [-0.2, 0) is 0 Å².